The average molecular weight is 384 g/mol. The molecule has 0 saturated carbocycles. The molecular formula is C23H20N4O2. The molecule has 6 nitrogen and oxygen atoms in total. The minimum absolute atomic E-state index is 0.280. The molecule has 0 bridgehead atoms. The quantitative estimate of drug-likeness (QED) is 0.507. The third-order valence-corrected chi connectivity index (χ3v) is 5.01. The smallest absolute Gasteiger partial charge is 0.231 e. The fraction of sp³-hybridized carbons (Fsp3) is 0.174. The zero-order valence-corrected chi connectivity index (χ0v) is 16.1. The van der Waals surface area contributed by atoms with Crippen LogP contribution in [-0.4, -0.2) is 28.3 Å². The second kappa shape index (κ2) is 7.39. The number of benzene rings is 2. The van der Waals surface area contributed by atoms with Gasteiger partial charge in [0.05, 0.1) is 5.52 Å². The fourth-order valence-electron chi connectivity index (χ4n) is 3.53. The van der Waals surface area contributed by atoms with Crippen LogP contribution in [0.3, 0.4) is 0 Å². The Hall–Kier alpha value is -3.67. The molecule has 0 fully saturated rings. The van der Waals surface area contributed by atoms with Crippen LogP contribution in [0.1, 0.15) is 12.5 Å². The lowest BCUT2D eigenvalue weighted by Gasteiger charge is -2.24. The molecule has 29 heavy (non-hydrogen) atoms. The molecule has 0 unspecified atom stereocenters. The van der Waals surface area contributed by atoms with E-state index in [-0.39, 0.29) is 6.79 Å². The zero-order valence-electron chi connectivity index (χ0n) is 16.1. The first-order chi connectivity index (χ1) is 14.3. The summed E-state index contributed by atoms with van der Waals surface area (Å²) in [6.07, 6.45) is 3.52. The van der Waals surface area contributed by atoms with Gasteiger partial charge in [-0.3, -0.25) is 4.98 Å². The van der Waals surface area contributed by atoms with Gasteiger partial charge in [0.1, 0.15) is 5.82 Å². The van der Waals surface area contributed by atoms with E-state index in [1.54, 1.807) is 12.4 Å². The topological polar surface area (TPSA) is 60.4 Å². The van der Waals surface area contributed by atoms with E-state index in [0.29, 0.717) is 12.4 Å². The zero-order chi connectivity index (χ0) is 19.6. The van der Waals surface area contributed by atoms with E-state index in [9.17, 15) is 0 Å². The Morgan fingerprint density at radius 2 is 1.76 bits per heavy atom. The standard InChI is InChI=1S/C23H20N4O2/c1-2-27(14-16-7-8-20-21(13-16)29-15-28-20)23-18-5-3-4-6-19(18)25-22(26-23)17-9-11-24-12-10-17/h3-13H,2,14-15H2,1H3. The first-order valence-electron chi connectivity index (χ1n) is 9.62. The number of nitrogens with zero attached hydrogens (tertiary/aromatic N) is 4. The minimum Gasteiger partial charge on any atom is -0.454 e. The van der Waals surface area contributed by atoms with E-state index in [1.165, 1.54) is 0 Å². The van der Waals surface area contributed by atoms with Gasteiger partial charge in [-0.05, 0) is 48.9 Å². The Morgan fingerprint density at radius 1 is 0.931 bits per heavy atom. The van der Waals surface area contributed by atoms with Gasteiger partial charge in [0, 0.05) is 36.4 Å². The van der Waals surface area contributed by atoms with E-state index in [4.69, 9.17) is 19.4 Å². The van der Waals surface area contributed by atoms with Crippen LogP contribution in [0.15, 0.2) is 67.0 Å². The molecule has 0 amide bonds. The minimum atomic E-state index is 0.280. The highest BCUT2D eigenvalue weighted by molar-refractivity contribution is 5.91. The summed E-state index contributed by atoms with van der Waals surface area (Å²) in [7, 11) is 0. The molecule has 5 rings (SSSR count). The lowest BCUT2D eigenvalue weighted by molar-refractivity contribution is 0.174. The molecule has 4 aromatic rings. The third kappa shape index (κ3) is 3.33. The summed E-state index contributed by atoms with van der Waals surface area (Å²) in [4.78, 5) is 16.1. The number of rotatable bonds is 5. The maximum Gasteiger partial charge on any atom is 0.231 e. The predicted octanol–water partition coefficient (Wildman–Crippen LogP) is 4.45. The number of anilines is 1. The summed E-state index contributed by atoms with van der Waals surface area (Å²) < 4.78 is 11.0. The van der Waals surface area contributed by atoms with E-state index in [0.717, 1.165) is 45.9 Å². The van der Waals surface area contributed by atoms with Gasteiger partial charge < -0.3 is 14.4 Å². The van der Waals surface area contributed by atoms with Crippen molar-refractivity contribution in [3.63, 3.8) is 0 Å². The average Bonchev–Trinajstić information content (AvgIpc) is 3.25. The summed E-state index contributed by atoms with van der Waals surface area (Å²) in [5.41, 5.74) is 3.02. The van der Waals surface area contributed by atoms with Crippen molar-refractivity contribution in [2.45, 2.75) is 13.5 Å². The molecule has 2 aromatic heterocycles. The molecule has 2 aromatic carbocycles. The van der Waals surface area contributed by atoms with Gasteiger partial charge in [0.25, 0.3) is 0 Å². The third-order valence-electron chi connectivity index (χ3n) is 5.01. The molecule has 6 heteroatoms. The van der Waals surface area contributed by atoms with E-state index in [2.05, 4.69) is 28.9 Å². The second-order valence-electron chi connectivity index (χ2n) is 6.83. The highest BCUT2D eigenvalue weighted by Crippen LogP contribution is 2.34. The largest absolute Gasteiger partial charge is 0.454 e. The molecule has 1 aliphatic heterocycles. The van der Waals surface area contributed by atoms with Gasteiger partial charge in [-0.1, -0.05) is 18.2 Å². The SMILES string of the molecule is CCN(Cc1ccc2c(c1)OCO2)c1nc(-c2ccncc2)nc2ccccc12. The fourth-order valence-corrected chi connectivity index (χ4v) is 3.53. The normalized spacial score (nSPS) is 12.3. The number of ether oxygens (including phenoxy) is 2. The van der Waals surface area contributed by atoms with Crippen LogP contribution in [0.4, 0.5) is 5.82 Å². The van der Waals surface area contributed by atoms with Crippen molar-refractivity contribution in [2.75, 3.05) is 18.2 Å². The monoisotopic (exact) mass is 384 g/mol. The molecule has 0 spiro atoms. The maximum absolute atomic E-state index is 5.53. The summed E-state index contributed by atoms with van der Waals surface area (Å²) in [5, 5.41) is 1.04. The van der Waals surface area contributed by atoms with Crippen molar-refractivity contribution in [1.82, 2.24) is 15.0 Å². The number of hydrogen-bond donors (Lipinski definition) is 0. The highest BCUT2D eigenvalue weighted by Gasteiger charge is 2.17. The molecule has 0 radical (unpaired) electrons. The highest BCUT2D eigenvalue weighted by atomic mass is 16.7. The van der Waals surface area contributed by atoms with Crippen LogP contribution >= 0.6 is 0 Å². The maximum atomic E-state index is 5.53. The number of fused-ring (bicyclic) bond motifs is 2. The van der Waals surface area contributed by atoms with E-state index >= 15 is 0 Å². The lowest BCUT2D eigenvalue weighted by Crippen LogP contribution is -2.23. The molecule has 144 valence electrons. The van der Waals surface area contributed by atoms with E-state index in [1.807, 2.05) is 42.5 Å². The van der Waals surface area contributed by atoms with E-state index < -0.39 is 0 Å². The second-order valence-corrected chi connectivity index (χ2v) is 6.83. The van der Waals surface area contributed by atoms with Crippen LogP contribution < -0.4 is 14.4 Å². The van der Waals surface area contributed by atoms with Crippen LogP contribution in [0, 0.1) is 0 Å². The lowest BCUT2D eigenvalue weighted by atomic mass is 10.1. The van der Waals surface area contributed by atoms with Crippen molar-refractivity contribution < 1.29 is 9.47 Å². The van der Waals surface area contributed by atoms with Crippen molar-refractivity contribution in [2.24, 2.45) is 0 Å². The molecule has 0 atom stereocenters. The Balaban J connectivity index is 1.58. The van der Waals surface area contributed by atoms with Crippen molar-refractivity contribution >= 4 is 16.7 Å². The summed E-state index contributed by atoms with van der Waals surface area (Å²) in [5.74, 6) is 3.21. The summed E-state index contributed by atoms with van der Waals surface area (Å²) in [6.45, 7) is 3.94. The first-order valence-corrected chi connectivity index (χ1v) is 9.62. The Bertz CT molecular complexity index is 1160. The van der Waals surface area contributed by atoms with Crippen LogP contribution in [0.5, 0.6) is 11.5 Å². The molecule has 0 N–H and O–H groups in total. The van der Waals surface area contributed by atoms with Crippen molar-refractivity contribution in [3.05, 3.63) is 72.6 Å². The van der Waals surface area contributed by atoms with Gasteiger partial charge in [0.2, 0.25) is 6.79 Å². The summed E-state index contributed by atoms with van der Waals surface area (Å²) in [6, 6.07) is 18.1. The van der Waals surface area contributed by atoms with Gasteiger partial charge in [-0.15, -0.1) is 0 Å². The summed E-state index contributed by atoms with van der Waals surface area (Å²) >= 11 is 0. The number of para-hydroxylation sites is 1. The van der Waals surface area contributed by atoms with Crippen molar-refractivity contribution in [1.29, 1.82) is 0 Å². The molecule has 1 aliphatic rings. The number of aromatic nitrogens is 3. The van der Waals surface area contributed by atoms with Crippen LogP contribution in [-0.2, 0) is 6.54 Å². The van der Waals surface area contributed by atoms with Crippen molar-refractivity contribution in [3.8, 4) is 22.9 Å². The Kier molecular flexibility index (Phi) is 4.44. The molecule has 3 heterocycles. The Labute approximate surface area is 168 Å². The molecule has 0 aliphatic carbocycles. The molecule has 0 saturated heterocycles. The number of pyridine rings is 1. The van der Waals surface area contributed by atoms with Gasteiger partial charge >= 0.3 is 0 Å². The molecular weight excluding hydrogens is 364 g/mol. The first kappa shape index (κ1) is 17.4. The van der Waals surface area contributed by atoms with Gasteiger partial charge in [-0.25, -0.2) is 9.97 Å². The van der Waals surface area contributed by atoms with Gasteiger partial charge in [0.15, 0.2) is 17.3 Å². The van der Waals surface area contributed by atoms with Crippen LogP contribution in [0.2, 0.25) is 0 Å². The predicted molar refractivity (Wildman–Crippen MR) is 112 cm³/mol. The van der Waals surface area contributed by atoms with Crippen LogP contribution in [0.25, 0.3) is 22.3 Å². The Morgan fingerprint density at radius 3 is 2.62 bits per heavy atom. The van der Waals surface area contributed by atoms with Gasteiger partial charge in [-0.2, -0.15) is 0 Å². The number of hydrogen-bond acceptors (Lipinski definition) is 6.